The summed E-state index contributed by atoms with van der Waals surface area (Å²) in [5.74, 6) is -0.346. The average Bonchev–Trinajstić information content (AvgIpc) is 3.31. The summed E-state index contributed by atoms with van der Waals surface area (Å²) in [5.41, 5.74) is -0.759. The lowest BCUT2D eigenvalue weighted by molar-refractivity contribution is -0.141. The van der Waals surface area contributed by atoms with Gasteiger partial charge in [-0.1, -0.05) is 18.5 Å². The molecule has 140 valence electrons. The molecule has 9 heteroatoms. The van der Waals surface area contributed by atoms with Crippen molar-refractivity contribution in [2.45, 2.75) is 57.3 Å². The number of nitrogens with one attached hydrogen (secondary N) is 1. The van der Waals surface area contributed by atoms with Crippen LogP contribution in [0.1, 0.15) is 49.9 Å². The largest absolute Gasteiger partial charge is 0.436 e. The zero-order valence-corrected chi connectivity index (χ0v) is 14.8. The van der Waals surface area contributed by atoms with Crippen molar-refractivity contribution in [1.29, 1.82) is 0 Å². The molecular weight excluding hydrogens is 357 g/mol. The van der Waals surface area contributed by atoms with Crippen LogP contribution >= 0.6 is 11.6 Å². The number of amides is 1. The Morgan fingerprint density at radius 2 is 1.92 bits per heavy atom. The van der Waals surface area contributed by atoms with Gasteiger partial charge in [0.05, 0.1) is 10.7 Å². The number of aromatic nitrogens is 2. The first kappa shape index (κ1) is 18.5. The molecule has 2 fully saturated rings. The average molecular weight is 379 g/mol. The standard InChI is InChI=1S/C16H22ClF3N4O/c1-2-23-7-5-11(6-8-23)21-12(25)9-24-14(10-3-4-10)13(17)15(22-24)16(18,19)20/h10-11H,2-9H2,1H3,(H,21,25). The maximum Gasteiger partial charge on any atom is 0.436 e. The lowest BCUT2D eigenvalue weighted by Crippen LogP contribution is -2.45. The summed E-state index contributed by atoms with van der Waals surface area (Å²) >= 11 is 5.92. The fourth-order valence-corrected chi connectivity index (χ4v) is 3.70. The fraction of sp³-hybridized carbons (Fsp3) is 0.750. The number of carbonyl (C=O) groups excluding carboxylic acids is 1. The minimum atomic E-state index is -4.62. The number of alkyl halides is 3. The summed E-state index contributed by atoms with van der Waals surface area (Å²) in [4.78, 5) is 14.6. The number of carbonyl (C=O) groups is 1. The van der Waals surface area contributed by atoms with Crippen molar-refractivity contribution in [3.8, 4) is 0 Å². The van der Waals surface area contributed by atoms with Gasteiger partial charge in [0.1, 0.15) is 6.54 Å². The Hall–Kier alpha value is -1.28. The van der Waals surface area contributed by atoms with E-state index in [1.54, 1.807) is 0 Å². The molecule has 0 radical (unpaired) electrons. The van der Waals surface area contributed by atoms with Crippen LogP contribution in [0.15, 0.2) is 0 Å². The zero-order valence-electron chi connectivity index (χ0n) is 14.1. The van der Waals surface area contributed by atoms with E-state index in [2.05, 4.69) is 22.2 Å². The van der Waals surface area contributed by atoms with Crippen LogP contribution < -0.4 is 5.32 Å². The highest BCUT2D eigenvalue weighted by Gasteiger charge is 2.42. The predicted molar refractivity (Wildman–Crippen MR) is 87.5 cm³/mol. The first-order valence-electron chi connectivity index (χ1n) is 8.64. The van der Waals surface area contributed by atoms with Gasteiger partial charge in [-0.3, -0.25) is 9.48 Å². The van der Waals surface area contributed by atoms with Gasteiger partial charge >= 0.3 is 6.18 Å². The molecule has 1 aromatic heterocycles. The van der Waals surface area contributed by atoms with Crippen LogP contribution in [0, 0.1) is 0 Å². The maximum absolute atomic E-state index is 13.0. The second-order valence-electron chi connectivity index (χ2n) is 6.75. The van der Waals surface area contributed by atoms with Gasteiger partial charge in [-0.05, 0) is 32.2 Å². The Morgan fingerprint density at radius 1 is 1.28 bits per heavy atom. The first-order valence-corrected chi connectivity index (χ1v) is 9.02. The van der Waals surface area contributed by atoms with Crippen molar-refractivity contribution in [3.63, 3.8) is 0 Å². The third-order valence-electron chi connectivity index (χ3n) is 4.86. The Labute approximate surface area is 149 Å². The molecule has 0 bridgehead atoms. The van der Waals surface area contributed by atoms with E-state index >= 15 is 0 Å². The minimum Gasteiger partial charge on any atom is -0.352 e. The van der Waals surface area contributed by atoms with Crippen molar-refractivity contribution in [3.05, 3.63) is 16.4 Å². The number of hydrogen-bond donors (Lipinski definition) is 1. The van der Waals surface area contributed by atoms with Gasteiger partial charge in [0.2, 0.25) is 5.91 Å². The van der Waals surface area contributed by atoms with E-state index in [1.165, 1.54) is 0 Å². The lowest BCUT2D eigenvalue weighted by Gasteiger charge is -2.31. The molecule has 1 saturated carbocycles. The molecule has 1 N–H and O–H groups in total. The number of rotatable bonds is 5. The molecule has 2 heterocycles. The van der Waals surface area contributed by atoms with Crippen molar-refractivity contribution < 1.29 is 18.0 Å². The van der Waals surface area contributed by atoms with Crippen molar-refractivity contribution in [2.24, 2.45) is 0 Å². The predicted octanol–water partition coefficient (Wildman–Crippen LogP) is 3.03. The Kier molecular flexibility index (Phi) is 5.29. The van der Waals surface area contributed by atoms with Crippen molar-refractivity contribution in [1.82, 2.24) is 20.0 Å². The molecule has 1 aliphatic heterocycles. The molecule has 0 spiro atoms. The molecule has 25 heavy (non-hydrogen) atoms. The van der Waals surface area contributed by atoms with E-state index in [9.17, 15) is 18.0 Å². The first-order chi connectivity index (χ1) is 11.8. The summed E-state index contributed by atoms with van der Waals surface area (Å²) in [6, 6.07) is 0.0628. The lowest BCUT2D eigenvalue weighted by atomic mass is 10.1. The number of piperidine rings is 1. The van der Waals surface area contributed by atoms with E-state index in [0.29, 0.717) is 5.69 Å². The highest BCUT2D eigenvalue weighted by molar-refractivity contribution is 6.32. The monoisotopic (exact) mass is 378 g/mol. The summed E-state index contributed by atoms with van der Waals surface area (Å²) < 4.78 is 40.3. The maximum atomic E-state index is 13.0. The van der Waals surface area contributed by atoms with Gasteiger partial charge in [0, 0.05) is 25.0 Å². The Morgan fingerprint density at radius 3 is 2.44 bits per heavy atom. The fourth-order valence-electron chi connectivity index (χ4n) is 3.30. The van der Waals surface area contributed by atoms with Gasteiger partial charge in [0.25, 0.3) is 0 Å². The van der Waals surface area contributed by atoms with Gasteiger partial charge in [-0.2, -0.15) is 18.3 Å². The molecule has 1 saturated heterocycles. The van der Waals surface area contributed by atoms with E-state index in [4.69, 9.17) is 11.6 Å². The molecule has 1 amide bonds. The summed E-state index contributed by atoms with van der Waals surface area (Å²) in [6.07, 6.45) is -1.36. The van der Waals surface area contributed by atoms with E-state index < -0.39 is 11.9 Å². The highest BCUT2D eigenvalue weighted by atomic mass is 35.5. The van der Waals surface area contributed by atoms with Crippen molar-refractivity contribution in [2.75, 3.05) is 19.6 Å². The molecule has 1 aromatic rings. The highest BCUT2D eigenvalue weighted by Crippen LogP contribution is 2.46. The van der Waals surface area contributed by atoms with Crippen LogP contribution in [0.25, 0.3) is 0 Å². The van der Waals surface area contributed by atoms with E-state index in [1.807, 2.05) is 0 Å². The molecular formula is C16H22ClF3N4O. The van der Waals surface area contributed by atoms with Gasteiger partial charge in [0.15, 0.2) is 5.69 Å². The van der Waals surface area contributed by atoms with Crippen molar-refractivity contribution >= 4 is 17.5 Å². The molecule has 0 unspecified atom stereocenters. The Bertz CT molecular complexity index is 634. The number of hydrogen-bond acceptors (Lipinski definition) is 3. The van der Waals surface area contributed by atoms with Crippen LogP contribution in [0.3, 0.4) is 0 Å². The van der Waals surface area contributed by atoms with Gasteiger partial charge < -0.3 is 10.2 Å². The Balaban J connectivity index is 1.67. The normalized spacial score (nSPS) is 20.0. The van der Waals surface area contributed by atoms with E-state index in [-0.39, 0.29) is 29.4 Å². The minimum absolute atomic E-state index is 0.0308. The number of nitrogens with zero attached hydrogens (tertiary/aromatic N) is 3. The van der Waals surface area contributed by atoms with Crippen LogP contribution in [-0.4, -0.2) is 46.3 Å². The summed E-state index contributed by atoms with van der Waals surface area (Å²) in [7, 11) is 0. The molecule has 3 rings (SSSR count). The van der Waals surface area contributed by atoms with Crippen LogP contribution in [-0.2, 0) is 17.5 Å². The second-order valence-corrected chi connectivity index (χ2v) is 7.13. The van der Waals surface area contributed by atoms with Crippen LogP contribution in [0.4, 0.5) is 13.2 Å². The van der Waals surface area contributed by atoms with E-state index in [0.717, 1.165) is 50.0 Å². The quantitative estimate of drug-likeness (QED) is 0.856. The second kappa shape index (κ2) is 7.15. The molecule has 2 aliphatic rings. The summed E-state index contributed by atoms with van der Waals surface area (Å²) in [5, 5.41) is 6.14. The number of halogens is 4. The zero-order chi connectivity index (χ0) is 18.2. The third-order valence-corrected chi connectivity index (χ3v) is 5.23. The smallest absolute Gasteiger partial charge is 0.352 e. The topological polar surface area (TPSA) is 50.2 Å². The molecule has 0 aromatic carbocycles. The van der Waals surface area contributed by atoms with Gasteiger partial charge in [-0.15, -0.1) is 0 Å². The molecule has 5 nitrogen and oxygen atoms in total. The number of likely N-dealkylation sites (tertiary alicyclic amines) is 1. The molecule has 0 atom stereocenters. The van der Waals surface area contributed by atoms with Crippen LogP contribution in [0.2, 0.25) is 5.02 Å². The molecule has 1 aliphatic carbocycles. The SMILES string of the molecule is CCN1CCC(NC(=O)Cn2nc(C(F)(F)F)c(Cl)c2C2CC2)CC1. The third kappa shape index (κ3) is 4.28. The van der Waals surface area contributed by atoms with Gasteiger partial charge in [-0.25, -0.2) is 0 Å². The van der Waals surface area contributed by atoms with Crippen LogP contribution in [0.5, 0.6) is 0 Å². The summed E-state index contributed by atoms with van der Waals surface area (Å²) in [6.45, 7) is 4.69.